The van der Waals surface area contributed by atoms with Gasteiger partial charge in [-0.2, -0.15) is 0 Å². The van der Waals surface area contributed by atoms with Crippen LogP contribution in [0.3, 0.4) is 0 Å². The summed E-state index contributed by atoms with van der Waals surface area (Å²) in [5, 5.41) is 13.9. The molecule has 148 valence electrons. The summed E-state index contributed by atoms with van der Waals surface area (Å²) >= 11 is 0. The van der Waals surface area contributed by atoms with E-state index in [2.05, 4.69) is 46.7 Å². The van der Waals surface area contributed by atoms with Crippen LogP contribution in [-0.2, 0) is 0 Å². The van der Waals surface area contributed by atoms with Crippen molar-refractivity contribution in [2.75, 3.05) is 0 Å². The van der Waals surface area contributed by atoms with Crippen molar-refractivity contribution in [3.8, 4) is 33.6 Å². The third-order valence-electron chi connectivity index (χ3n) is 5.03. The second-order valence-corrected chi connectivity index (χ2v) is 7.08. The third-order valence-corrected chi connectivity index (χ3v) is 5.03. The second kappa shape index (κ2) is 8.59. The molecule has 4 heteroatoms. The molecule has 1 aromatic heterocycles. The van der Waals surface area contributed by atoms with Gasteiger partial charge in [0.2, 0.25) is 0 Å². The molecule has 0 N–H and O–H groups in total. The minimum atomic E-state index is 0.777. The van der Waals surface area contributed by atoms with Crippen molar-refractivity contribution in [2.45, 2.75) is 0 Å². The van der Waals surface area contributed by atoms with Gasteiger partial charge in [-0.25, -0.2) is 0 Å². The second-order valence-electron chi connectivity index (χ2n) is 7.08. The number of benzene rings is 4. The Hall–Kier alpha value is -4.31. The normalized spacial score (nSPS) is 11.1. The van der Waals surface area contributed by atoms with Crippen molar-refractivity contribution in [1.29, 1.82) is 0 Å². The number of nitrogens with zero attached hydrogens (tertiary/aromatic N) is 4. The minimum Gasteiger partial charge on any atom is -0.148 e. The molecule has 0 saturated carbocycles. The summed E-state index contributed by atoms with van der Waals surface area (Å²) in [5.74, 6) is 0. The van der Waals surface area contributed by atoms with Crippen LogP contribution < -0.4 is 0 Å². The van der Waals surface area contributed by atoms with Crippen LogP contribution >= 0.6 is 0 Å². The lowest BCUT2D eigenvalue weighted by molar-refractivity contribution is 0.702. The zero-order valence-corrected chi connectivity index (χ0v) is 16.8. The lowest BCUT2D eigenvalue weighted by Gasteiger charge is -2.08. The van der Waals surface area contributed by atoms with Gasteiger partial charge >= 0.3 is 0 Å². The maximum absolute atomic E-state index is 4.90. The van der Waals surface area contributed by atoms with E-state index in [1.54, 1.807) is 4.79 Å². The smallest absolute Gasteiger partial charge is 0.105 e. The first-order valence-corrected chi connectivity index (χ1v) is 10.2. The molecule has 1 heterocycles. The molecular weight excluding hydrogens is 380 g/mol. The number of hydrogen-bond donors (Lipinski definition) is 0. The number of aromatic nitrogens is 2. The molecular formula is C27H20N4. The van der Waals surface area contributed by atoms with Crippen molar-refractivity contribution in [3.05, 3.63) is 121 Å². The molecule has 4 aromatic carbocycles. The van der Waals surface area contributed by atoms with Crippen LogP contribution in [-0.4, -0.2) is 9.89 Å². The van der Waals surface area contributed by atoms with E-state index in [9.17, 15) is 0 Å². The molecule has 0 bridgehead atoms. The van der Waals surface area contributed by atoms with Crippen LogP contribution in [0.4, 0.5) is 5.69 Å². The maximum atomic E-state index is 4.90. The van der Waals surface area contributed by atoms with Crippen molar-refractivity contribution >= 4 is 5.69 Å². The summed E-state index contributed by atoms with van der Waals surface area (Å²) < 4.78 is 0. The van der Waals surface area contributed by atoms with Crippen LogP contribution in [0.2, 0.25) is 0 Å². The number of hydrogen-bond acceptors (Lipinski definition) is 3. The van der Waals surface area contributed by atoms with Crippen molar-refractivity contribution in [2.24, 2.45) is 10.3 Å². The summed E-state index contributed by atoms with van der Waals surface area (Å²) in [6.07, 6.45) is 0. The average molecular weight is 400 g/mol. The van der Waals surface area contributed by atoms with Crippen LogP contribution in [0.1, 0.15) is 0 Å². The van der Waals surface area contributed by atoms with E-state index in [4.69, 9.17) is 5.10 Å². The highest BCUT2D eigenvalue weighted by Crippen LogP contribution is 2.40. The molecule has 0 aliphatic carbocycles. The van der Waals surface area contributed by atoms with Crippen LogP contribution in [0.25, 0.3) is 33.6 Å². The third kappa shape index (κ3) is 3.91. The van der Waals surface area contributed by atoms with Crippen molar-refractivity contribution in [1.82, 2.24) is 9.89 Å². The van der Waals surface area contributed by atoms with Gasteiger partial charge in [-0.05, 0) is 22.9 Å². The molecule has 0 spiro atoms. The standard InChI is InChI=1S/C27H20N4/c1-5-13-21(14-6-1)25-26(22-15-7-2-8-16-22)29-31(27(25)23-17-9-3-10-18-23)30-28-24-19-11-4-12-20-24/h1-20H. The maximum Gasteiger partial charge on any atom is 0.105 e. The Morgan fingerprint density at radius 3 is 1.58 bits per heavy atom. The van der Waals surface area contributed by atoms with Gasteiger partial charge in [0.1, 0.15) is 11.4 Å². The fraction of sp³-hybridized carbons (Fsp3) is 0. The fourth-order valence-corrected chi connectivity index (χ4v) is 3.59. The Bertz CT molecular complexity index is 1290. The summed E-state index contributed by atoms with van der Waals surface area (Å²) in [4.78, 5) is 1.65. The first-order chi connectivity index (χ1) is 15.4. The van der Waals surface area contributed by atoms with Gasteiger partial charge < -0.3 is 0 Å². The SMILES string of the molecule is c1ccc(N=Nn2nc(-c3ccccc3)c(-c3ccccc3)c2-c2ccccc2)cc1. The van der Waals surface area contributed by atoms with E-state index in [1.165, 1.54) is 0 Å². The molecule has 0 fully saturated rings. The number of rotatable bonds is 5. The molecule has 5 aromatic rings. The molecule has 0 radical (unpaired) electrons. The Morgan fingerprint density at radius 2 is 1.00 bits per heavy atom. The van der Waals surface area contributed by atoms with E-state index < -0.39 is 0 Å². The lowest BCUT2D eigenvalue weighted by Crippen LogP contribution is -1.94. The first-order valence-electron chi connectivity index (χ1n) is 10.2. The highest BCUT2D eigenvalue weighted by Gasteiger charge is 2.22. The topological polar surface area (TPSA) is 42.5 Å². The van der Waals surface area contributed by atoms with E-state index in [0.29, 0.717) is 0 Å². The van der Waals surface area contributed by atoms with Gasteiger partial charge in [0, 0.05) is 16.7 Å². The largest absolute Gasteiger partial charge is 0.148 e. The van der Waals surface area contributed by atoms with Crippen LogP contribution in [0.5, 0.6) is 0 Å². The average Bonchev–Trinajstić information content (AvgIpc) is 3.24. The van der Waals surface area contributed by atoms with Gasteiger partial charge in [-0.3, -0.25) is 0 Å². The van der Waals surface area contributed by atoms with Crippen LogP contribution in [0, 0.1) is 0 Å². The predicted octanol–water partition coefficient (Wildman–Crippen LogP) is 7.43. The molecule has 0 saturated heterocycles. The highest BCUT2D eigenvalue weighted by molar-refractivity contribution is 5.91. The summed E-state index contributed by atoms with van der Waals surface area (Å²) in [7, 11) is 0. The van der Waals surface area contributed by atoms with Gasteiger partial charge in [0.05, 0.1) is 5.69 Å². The molecule has 0 aliphatic heterocycles. The van der Waals surface area contributed by atoms with E-state index in [0.717, 1.165) is 39.3 Å². The Morgan fingerprint density at radius 1 is 0.516 bits per heavy atom. The molecule has 4 nitrogen and oxygen atoms in total. The Balaban J connectivity index is 1.78. The van der Waals surface area contributed by atoms with Gasteiger partial charge in [-0.1, -0.05) is 109 Å². The minimum absolute atomic E-state index is 0.777. The van der Waals surface area contributed by atoms with E-state index >= 15 is 0 Å². The van der Waals surface area contributed by atoms with Gasteiger partial charge in [-0.15, -0.1) is 15.0 Å². The lowest BCUT2D eigenvalue weighted by atomic mass is 9.96. The van der Waals surface area contributed by atoms with Crippen molar-refractivity contribution < 1.29 is 0 Å². The summed E-state index contributed by atoms with van der Waals surface area (Å²) in [6, 6.07) is 40.4. The zero-order valence-electron chi connectivity index (χ0n) is 16.8. The van der Waals surface area contributed by atoms with Crippen molar-refractivity contribution in [3.63, 3.8) is 0 Å². The van der Waals surface area contributed by atoms with Crippen LogP contribution in [0.15, 0.2) is 132 Å². The van der Waals surface area contributed by atoms with Gasteiger partial charge in [0.25, 0.3) is 0 Å². The molecule has 0 atom stereocenters. The molecule has 0 amide bonds. The zero-order chi connectivity index (χ0) is 20.9. The summed E-state index contributed by atoms with van der Waals surface area (Å²) in [5.41, 5.74) is 6.74. The van der Waals surface area contributed by atoms with E-state index in [1.807, 2.05) is 84.9 Å². The monoisotopic (exact) mass is 400 g/mol. The highest BCUT2D eigenvalue weighted by atomic mass is 15.6. The molecule has 0 aliphatic rings. The van der Waals surface area contributed by atoms with Gasteiger partial charge in [0.15, 0.2) is 0 Å². The Labute approximate surface area is 181 Å². The quantitative estimate of drug-likeness (QED) is 0.283. The molecule has 0 unspecified atom stereocenters. The Kier molecular flexibility index (Phi) is 5.18. The molecule has 31 heavy (non-hydrogen) atoms. The molecule has 5 rings (SSSR count). The van der Waals surface area contributed by atoms with E-state index in [-0.39, 0.29) is 0 Å². The fourth-order valence-electron chi connectivity index (χ4n) is 3.59. The summed E-state index contributed by atoms with van der Waals surface area (Å²) in [6.45, 7) is 0. The first kappa shape index (κ1) is 18.7. The predicted molar refractivity (Wildman–Crippen MR) is 125 cm³/mol.